The number of amides is 4. The zero-order valence-electron chi connectivity index (χ0n) is 10.2. The minimum absolute atomic E-state index is 0.244. The fourth-order valence-corrected chi connectivity index (χ4v) is 1.74. The SMILES string of the molecule is NC(=O)C1CCN(C(=O)NC(=O)/C=C/C(=O)O)CC1. The number of aliphatic carboxylic acids is 1. The molecule has 0 aromatic carbocycles. The fourth-order valence-electron chi connectivity index (χ4n) is 1.74. The monoisotopic (exact) mass is 269 g/mol. The predicted octanol–water partition coefficient (Wildman–Crippen LogP) is -0.939. The quantitative estimate of drug-likeness (QED) is 0.569. The first-order chi connectivity index (χ1) is 8.90. The molecule has 0 radical (unpaired) electrons. The molecule has 1 aliphatic rings. The van der Waals surface area contributed by atoms with Crippen LogP contribution in [0.5, 0.6) is 0 Å². The van der Waals surface area contributed by atoms with Gasteiger partial charge in [-0.1, -0.05) is 0 Å². The van der Waals surface area contributed by atoms with Crippen LogP contribution in [-0.4, -0.2) is 46.9 Å². The molecule has 0 bridgehead atoms. The van der Waals surface area contributed by atoms with Gasteiger partial charge in [-0.25, -0.2) is 9.59 Å². The van der Waals surface area contributed by atoms with Crippen molar-refractivity contribution >= 4 is 23.8 Å². The van der Waals surface area contributed by atoms with Crippen LogP contribution in [0.25, 0.3) is 0 Å². The van der Waals surface area contributed by atoms with E-state index < -0.39 is 17.9 Å². The van der Waals surface area contributed by atoms with Crippen molar-refractivity contribution in [2.45, 2.75) is 12.8 Å². The topological polar surface area (TPSA) is 130 Å². The molecule has 0 aliphatic carbocycles. The Bertz CT molecular complexity index is 424. The smallest absolute Gasteiger partial charge is 0.328 e. The lowest BCUT2D eigenvalue weighted by atomic mass is 9.96. The minimum atomic E-state index is -1.27. The van der Waals surface area contributed by atoms with Gasteiger partial charge >= 0.3 is 12.0 Å². The van der Waals surface area contributed by atoms with Crippen LogP contribution in [0, 0.1) is 5.92 Å². The van der Waals surface area contributed by atoms with Crippen LogP contribution in [0.15, 0.2) is 12.2 Å². The van der Waals surface area contributed by atoms with Gasteiger partial charge < -0.3 is 15.7 Å². The number of hydrogen-bond donors (Lipinski definition) is 3. The summed E-state index contributed by atoms with van der Waals surface area (Å²) >= 11 is 0. The lowest BCUT2D eigenvalue weighted by molar-refractivity contribution is -0.131. The lowest BCUT2D eigenvalue weighted by Crippen LogP contribution is -2.47. The van der Waals surface area contributed by atoms with Crippen LogP contribution in [0.2, 0.25) is 0 Å². The molecular formula is C11H15N3O5. The molecule has 0 aromatic rings. The average Bonchev–Trinajstić information content (AvgIpc) is 2.36. The number of nitrogens with zero attached hydrogens (tertiary/aromatic N) is 1. The predicted molar refractivity (Wildman–Crippen MR) is 63.8 cm³/mol. The second-order valence-corrected chi connectivity index (χ2v) is 4.13. The molecular weight excluding hydrogens is 254 g/mol. The van der Waals surface area contributed by atoms with Gasteiger partial charge in [0.05, 0.1) is 0 Å². The maximum Gasteiger partial charge on any atom is 0.328 e. The van der Waals surface area contributed by atoms with E-state index in [1.54, 1.807) is 0 Å². The van der Waals surface area contributed by atoms with E-state index in [1.807, 2.05) is 5.32 Å². The van der Waals surface area contributed by atoms with Gasteiger partial charge in [-0.3, -0.25) is 14.9 Å². The summed E-state index contributed by atoms with van der Waals surface area (Å²) in [6, 6.07) is -0.608. The number of hydrogen-bond acceptors (Lipinski definition) is 4. The molecule has 4 N–H and O–H groups in total. The average molecular weight is 269 g/mol. The van der Waals surface area contributed by atoms with Crippen LogP contribution in [0.3, 0.4) is 0 Å². The van der Waals surface area contributed by atoms with Crippen LogP contribution in [-0.2, 0) is 14.4 Å². The first-order valence-electron chi connectivity index (χ1n) is 5.70. The minimum Gasteiger partial charge on any atom is -0.478 e. The molecule has 4 amide bonds. The summed E-state index contributed by atoms with van der Waals surface area (Å²) in [5, 5.41) is 10.4. The number of carboxylic acids is 1. The molecule has 1 heterocycles. The third-order valence-electron chi connectivity index (χ3n) is 2.79. The molecule has 0 aromatic heterocycles. The molecule has 0 unspecified atom stereocenters. The van der Waals surface area contributed by atoms with Crippen molar-refractivity contribution < 1.29 is 24.3 Å². The third-order valence-corrected chi connectivity index (χ3v) is 2.79. The number of imide groups is 1. The Labute approximate surface area is 109 Å². The molecule has 19 heavy (non-hydrogen) atoms. The number of rotatable bonds is 3. The second-order valence-electron chi connectivity index (χ2n) is 4.13. The number of nitrogens with two attached hydrogens (primary N) is 1. The Morgan fingerprint density at radius 1 is 1.16 bits per heavy atom. The molecule has 104 valence electrons. The Kier molecular flexibility index (Phi) is 5.04. The number of nitrogens with one attached hydrogen (secondary N) is 1. The van der Waals surface area contributed by atoms with Gasteiger partial charge in [0.1, 0.15) is 0 Å². The first kappa shape index (κ1) is 14.7. The Morgan fingerprint density at radius 3 is 2.21 bits per heavy atom. The Hall–Kier alpha value is -2.38. The molecule has 1 saturated heterocycles. The highest BCUT2D eigenvalue weighted by molar-refractivity contribution is 6.02. The van der Waals surface area contributed by atoms with E-state index in [4.69, 9.17) is 10.8 Å². The number of likely N-dealkylation sites (tertiary alicyclic amines) is 1. The highest BCUT2D eigenvalue weighted by Gasteiger charge is 2.26. The van der Waals surface area contributed by atoms with Gasteiger partial charge in [0.2, 0.25) is 5.91 Å². The molecule has 1 rings (SSSR count). The number of primary amides is 1. The van der Waals surface area contributed by atoms with E-state index in [9.17, 15) is 19.2 Å². The van der Waals surface area contributed by atoms with Crippen LogP contribution in [0.4, 0.5) is 4.79 Å². The van der Waals surface area contributed by atoms with E-state index in [1.165, 1.54) is 4.90 Å². The van der Waals surface area contributed by atoms with Crippen molar-refractivity contribution in [3.63, 3.8) is 0 Å². The molecule has 8 nitrogen and oxygen atoms in total. The lowest BCUT2D eigenvalue weighted by Gasteiger charge is -2.30. The highest BCUT2D eigenvalue weighted by atomic mass is 16.4. The van der Waals surface area contributed by atoms with E-state index in [2.05, 4.69) is 0 Å². The van der Waals surface area contributed by atoms with Gasteiger partial charge in [-0.2, -0.15) is 0 Å². The number of carbonyl (C=O) groups excluding carboxylic acids is 3. The van der Waals surface area contributed by atoms with E-state index in [0.29, 0.717) is 32.0 Å². The first-order valence-corrected chi connectivity index (χ1v) is 5.70. The summed E-state index contributed by atoms with van der Waals surface area (Å²) in [7, 11) is 0. The van der Waals surface area contributed by atoms with Crippen LogP contribution in [0.1, 0.15) is 12.8 Å². The van der Waals surface area contributed by atoms with Gasteiger partial charge in [0.15, 0.2) is 0 Å². The zero-order chi connectivity index (χ0) is 14.4. The number of carbonyl (C=O) groups is 4. The van der Waals surface area contributed by atoms with Crippen molar-refractivity contribution in [2.75, 3.05) is 13.1 Å². The number of carboxylic acid groups (broad SMARTS) is 1. The number of urea groups is 1. The van der Waals surface area contributed by atoms with Gasteiger partial charge in [0.25, 0.3) is 5.91 Å². The summed E-state index contributed by atoms with van der Waals surface area (Å²) in [6.07, 6.45) is 2.32. The van der Waals surface area contributed by atoms with Crippen molar-refractivity contribution in [1.82, 2.24) is 10.2 Å². The molecule has 0 atom stereocenters. The third kappa shape index (κ3) is 4.78. The van der Waals surface area contributed by atoms with Crippen LogP contribution < -0.4 is 11.1 Å². The van der Waals surface area contributed by atoms with Crippen LogP contribution >= 0.6 is 0 Å². The van der Waals surface area contributed by atoms with Crippen molar-refractivity contribution in [1.29, 1.82) is 0 Å². The normalized spacial score (nSPS) is 16.3. The van der Waals surface area contributed by atoms with Gasteiger partial charge in [0, 0.05) is 31.2 Å². The molecule has 8 heteroatoms. The van der Waals surface area contributed by atoms with Crippen molar-refractivity contribution in [2.24, 2.45) is 11.7 Å². The fraction of sp³-hybridized carbons (Fsp3) is 0.455. The van der Waals surface area contributed by atoms with E-state index in [0.717, 1.165) is 6.08 Å². The standard InChI is InChI=1S/C11H15N3O5/c12-10(18)7-3-5-14(6-4-7)11(19)13-8(15)1-2-9(16)17/h1-2,7H,3-6H2,(H2,12,18)(H,16,17)(H,13,15,19)/b2-1+. The summed E-state index contributed by atoms with van der Waals surface area (Å²) < 4.78 is 0. The second kappa shape index (κ2) is 6.53. The highest BCUT2D eigenvalue weighted by Crippen LogP contribution is 2.16. The Morgan fingerprint density at radius 2 is 1.74 bits per heavy atom. The zero-order valence-corrected chi connectivity index (χ0v) is 10.2. The van der Waals surface area contributed by atoms with Gasteiger partial charge in [-0.05, 0) is 12.8 Å². The van der Waals surface area contributed by atoms with E-state index >= 15 is 0 Å². The number of piperidine rings is 1. The molecule has 1 aliphatic heterocycles. The van der Waals surface area contributed by atoms with Gasteiger partial charge in [-0.15, -0.1) is 0 Å². The van der Waals surface area contributed by atoms with Crippen molar-refractivity contribution in [3.8, 4) is 0 Å². The van der Waals surface area contributed by atoms with Crippen molar-refractivity contribution in [3.05, 3.63) is 12.2 Å². The largest absolute Gasteiger partial charge is 0.478 e. The maximum atomic E-state index is 11.6. The molecule has 0 spiro atoms. The molecule has 0 saturated carbocycles. The molecule has 1 fully saturated rings. The summed E-state index contributed by atoms with van der Waals surface area (Å²) in [4.78, 5) is 45.3. The maximum absolute atomic E-state index is 11.6. The summed E-state index contributed by atoms with van der Waals surface area (Å²) in [5.41, 5.74) is 5.16. The summed E-state index contributed by atoms with van der Waals surface area (Å²) in [6.45, 7) is 0.657. The van der Waals surface area contributed by atoms with E-state index in [-0.39, 0.29) is 11.8 Å². The summed E-state index contributed by atoms with van der Waals surface area (Å²) in [5.74, 6) is -2.71. The Balaban J connectivity index is 2.41.